The quantitative estimate of drug-likeness (QED) is 0.826. The first-order chi connectivity index (χ1) is 11.3. The molecule has 0 saturated heterocycles. The lowest BCUT2D eigenvalue weighted by molar-refractivity contribution is -0.138. The number of hydrogen-bond acceptors (Lipinski definition) is 2. The molecule has 0 aliphatic rings. The average molecular weight is 324 g/mol. The molecule has 0 fully saturated rings. The molecule has 0 atom stereocenters. The van der Waals surface area contributed by atoms with Crippen molar-refractivity contribution in [3.63, 3.8) is 0 Å². The third kappa shape index (κ3) is 4.22. The zero-order valence-corrected chi connectivity index (χ0v) is 14.6. The molecular formula is C20H24N2O2. The Morgan fingerprint density at radius 3 is 2.17 bits per heavy atom. The number of nitrogens with one attached hydrogen (secondary N) is 2. The van der Waals surface area contributed by atoms with Crippen molar-refractivity contribution >= 4 is 17.5 Å². The minimum Gasteiger partial charge on any atom is -0.351 e. The number of para-hydroxylation sites is 1. The van der Waals surface area contributed by atoms with Gasteiger partial charge in [0, 0.05) is 12.2 Å². The molecule has 0 radical (unpaired) electrons. The van der Waals surface area contributed by atoms with Gasteiger partial charge in [0.05, 0.1) is 0 Å². The average Bonchev–Trinajstić information content (AvgIpc) is 2.56. The second-order valence-electron chi connectivity index (χ2n) is 6.56. The van der Waals surface area contributed by atoms with Crippen molar-refractivity contribution in [2.45, 2.75) is 34.2 Å². The fourth-order valence-corrected chi connectivity index (χ4v) is 2.20. The number of carbonyl (C=O) groups is 2. The number of anilines is 1. The van der Waals surface area contributed by atoms with Gasteiger partial charge in [-0.15, -0.1) is 0 Å². The molecule has 0 spiro atoms. The zero-order chi connectivity index (χ0) is 17.7. The lowest BCUT2D eigenvalue weighted by Gasteiger charge is -2.23. The highest BCUT2D eigenvalue weighted by Crippen LogP contribution is 2.21. The van der Waals surface area contributed by atoms with E-state index >= 15 is 0 Å². The fraction of sp³-hybridized carbons (Fsp3) is 0.300. The van der Waals surface area contributed by atoms with E-state index in [0.29, 0.717) is 6.54 Å². The lowest BCUT2D eigenvalue weighted by Crippen LogP contribution is -2.44. The Hall–Kier alpha value is -2.62. The van der Waals surface area contributed by atoms with Gasteiger partial charge in [0.25, 0.3) is 0 Å². The molecular weight excluding hydrogens is 300 g/mol. The third-order valence-corrected chi connectivity index (χ3v) is 4.10. The normalized spacial score (nSPS) is 11.0. The van der Waals surface area contributed by atoms with Crippen LogP contribution in [0.15, 0.2) is 48.5 Å². The first kappa shape index (κ1) is 17.7. The molecule has 2 amide bonds. The van der Waals surface area contributed by atoms with Crippen molar-refractivity contribution in [1.82, 2.24) is 5.32 Å². The maximum atomic E-state index is 12.5. The number of benzene rings is 2. The molecule has 0 bridgehead atoms. The van der Waals surface area contributed by atoms with E-state index in [0.717, 1.165) is 16.8 Å². The van der Waals surface area contributed by atoms with Gasteiger partial charge in [0.15, 0.2) is 0 Å². The lowest BCUT2D eigenvalue weighted by atomic mass is 9.90. The fourth-order valence-electron chi connectivity index (χ4n) is 2.20. The summed E-state index contributed by atoms with van der Waals surface area (Å²) in [6.45, 7) is 7.60. The van der Waals surface area contributed by atoms with E-state index in [4.69, 9.17) is 0 Å². The van der Waals surface area contributed by atoms with Crippen LogP contribution in [0.5, 0.6) is 0 Å². The highest BCUT2D eigenvalue weighted by molar-refractivity contribution is 6.10. The molecule has 0 heterocycles. The van der Waals surface area contributed by atoms with Gasteiger partial charge in [-0.25, -0.2) is 0 Å². The highest BCUT2D eigenvalue weighted by Gasteiger charge is 2.36. The van der Waals surface area contributed by atoms with Gasteiger partial charge in [-0.2, -0.15) is 0 Å². The van der Waals surface area contributed by atoms with Crippen molar-refractivity contribution in [1.29, 1.82) is 0 Å². The largest absolute Gasteiger partial charge is 0.351 e. The molecule has 4 heteroatoms. The molecule has 24 heavy (non-hydrogen) atoms. The number of amides is 2. The molecule has 2 aromatic rings. The Morgan fingerprint density at radius 2 is 1.54 bits per heavy atom. The van der Waals surface area contributed by atoms with E-state index in [9.17, 15) is 9.59 Å². The van der Waals surface area contributed by atoms with Crippen LogP contribution in [0.25, 0.3) is 0 Å². The van der Waals surface area contributed by atoms with E-state index in [2.05, 4.69) is 10.6 Å². The van der Waals surface area contributed by atoms with Crippen LogP contribution >= 0.6 is 0 Å². The van der Waals surface area contributed by atoms with Gasteiger partial charge < -0.3 is 10.6 Å². The van der Waals surface area contributed by atoms with Crippen molar-refractivity contribution in [2.24, 2.45) is 5.41 Å². The first-order valence-electron chi connectivity index (χ1n) is 8.01. The van der Waals surface area contributed by atoms with Crippen LogP contribution in [-0.4, -0.2) is 11.8 Å². The van der Waals surface area contributed by atoms with Crippen LogP contribution in [0, 0.1) is 19.3 Å². The second-order valence-corrected chi connectivity index (χ2v) is 6.56. The van der Waals surface area contributed by atoms with Crippen LogP contribution in [0.3, 0.4) is 0 Å². The number of aryl methyl sites for hydroxylation is 2. The summed E-state index contributed by atoms with van der Waals surface area (Å²) in [4.78, 5) is 25.0. The topological polar surface area (TPSA) is 58.2 Å². The molecule has 0 unspecified atom stereocenters. The van der Waals surface area contributed by atoms with Crippen LogP contribution < -0.4 is 10.6 Å². The van der Waals surface area contributed by atoms with Gasteiger partial charge >= 0.3 is 0 Å². The van der Waals surface area contributed by atoms with E-state index in [1.54, 1.807) is 13.8 Å². The van der Waals surface area contributed by atoms with E-state index in [-0.39, 0.29) is 11.8 Å². The van der Waals surface area contributed by atoms with E-state index < -0.39 is 5.41 Å². The number of carbonyl (C=O) groups excluding carboxylic acids is 2. The molecule has 0 saturated carbocycles. The molecule has 126 valence electrons. The van der Waals surface area contributed by atoms with Crippen molar-refractivity contribution < 1.29 is 9.59 Å². The Kier molecular flexibility index (Phi) is 5.39. The highest BCUT2D eigenvalue weighted by atomic mass is 16.2. The summed E-state index contributed by atoms with van der Waals surface area (Å²) in [7, 11) is 0. The molecule has 0 aliphatic carbocycles. The molecule has 2 rings (SSSR count). The van der Waals surface area contributed by atoms with Crippen LogP contribution in [0.1, 0.15) is 30.5 Å². The minimum atomic E-state index is -1.16. The van der Waals surface area contributed by atoms with Gasteiger partial charge in [-0.05, 0) is 44.9 Å². The Labute approximate surface area is 143 Å². The minimum absolute atomic E-state index is 0.297. The Bertz CT molecular complexity index is 734. The van der Waals surface area contributed by atoms with Crippen LogP contribution in [0.2, 0.25) is 0 Å². The van der Waals surface area contributed by atoms with E-state index in [1.807, 2.05) is 62.4 Å². The maximum Gasteiger partial charge on any atom is 0.239 e. The molecule has 4 nitrogen and oxygen atoms in total. The molecule has 2 N–H and O–H groups in total. The summed E-state index contributed by atoms with van der Waals surface area (Å²) in [5, 5.41) is 5.68. The van der Waals surface area contributed by atoms with E-state index in [1.165, 1.54) is 5.56 Å². The van der Waals surface area contributed by atoms with Crippen molar-refractivity contribution in [3.8, 4) is 0 Å². The first-order valence-corrected chi connectivity index (χ1v) is 8.01. The monoisotopic (exact) mass is 324 g/mol. The summed E-state index contributed by atoms with van der Waals surface area (Å²) < 4.78 is 0. The summed E-state index contributed by atoms with van der Waals surface area (Å²) in [6, 6.07) is 15.4. The summed E-state index contributed by atoms with van der Waals surface area (Å²) in [6.07, 6.45) is 0. The predicted octanol–water partition coefficient (Wildman–Crippen LogP) is 3.58. The van der Waals surface area contributed by atoms with Crippen molar-refractivity contribution in [3.05, 3.63) is 65.2 Å². The second kappa shape index (κ2) is 7.30. The number of rotatable bonds is 5. The molecule has 0 aliphatic heterocycles. The Morgan fingerprint density at radius 1 is 0.917 bits per heavy atom. The SMILES string of the molecule is Cc1ccc(CNC(=O)C(C)(C)C(=O)Nc2ccccc2C)cc1. The van der Waals surface area contributed by atoms with Crippen molar-refractivity contribution in [2.75, 3.05) is 5.32 Å². The van der Waals surface area contributed by atoms with Gasteiger partial charge in [-0.3, -0.25) is 9.59 Å². The zero-order valence-electron chi connectivity index (χ0n) is 14.6. The molecule has 2 aromatic carbocycles. The van der Waals surface area contributed by atoms with Gasteiger partial charge in [-0.1, -0.05) is 48.0 Å². The molecule has 0 aromatic heterocycles. The Balaban J connectivity index is 1.99. The van der Waals surface area contributed by atoms with Gasteiger partial charge in [0.1, 0.15) is 5.41 Å². The standard InChI is InChI=1S/C20H24N2O2/c1-14-9-11-16(12-10-14)13-21-18(23)20(3,4)19(24)22-17-8-6-5-7-15(17)2/h5-12H,13H2,1-4H3,(H,21,23)(H,22,24). The predicted molar refractivity (Wildman–Crippen MR) is 96.6 cm³/mol. The van der Waals surface area contributed by atoms with Crippen LogP contribution in [0.4, 0.5) is 5.69 Å². The van der Waals surface area contributed by atoms with Crippen LogP contribution in [-0.2, 0) is 16.1 Å². The smallest absolute Gasteiger partial charge is 0.239 e. The number of hydrogen-bond donors (Lipinski definition) is 2. The summed E-state index contributed by atoms with van der Waals surface area (Å²) in [5.74, 6) is -0.618. The summed E-state index contributed by atoms with van der Waals surface area (Å²) >= 11 is 0. The maximum absolute atomic E-state index is 12.5. The third-order valence-electron chi connectivity index (χ3n) is 4.10. The van der Waals surface area contributed by atoms with Gasteiger partial charge in [0.2, 0.25) is 11.8 Å². The summed E-state index contributed by atoms with van der Waals surface area (Å²) in [5.41, 5.74) is 2.70.